The summed E-state index contributed by atoms with van der Waals surface area (Å²) in [6.45, 7) is 1.81. The van der Waals surface area contributed by atoms with Crippen molar-refractivity contribution in [1.29, 1.82) is 0 Å². The van der Waals surface area contributed by atoms with Crippen LogP contribution in [-0.2, 0) is 16.0 Å². The molecule has 0 radical (unpaired) electrons. The molecule has 0 heterocycles. The summed E-state index contributed by atoms with van der Waals surface area (Å²) in [6.07, 6.45) is -5.04. The van der Waals surface area contributed by atoms with Crippen LogP contribution in [0.3, 0.4) is 0 Å². The summed E-state index contributed by atoms with van der Waals surface area (Å²) in [7, 11) is 0. The minimum atomic E-state index is -4.91. The van der Waals surface area contributed by atoms with E-state index in [-0.39, 0.29) is 25.0 Å². The van der Waals surface area contributed by atoms with Crippen LogP contribution in [0.25, 0.3) is 0 Å². The van der Waals surface area contributed by atoms with Gasteiger partial charge >= 0.3 is 12.3 Å². The molecule has 0 N–H and O–H groups in total. The normalized spacial score (nSPS) is 11.2. The lowest BCUT2D eigenvalue weighted by Gasteiger charge is -2.13. The number of hydrogen-bond donors (Lipinski definition) is 0. The van der Waals surface area contributed by atoms with Gasteiger partial charge in [0.05, 0.1) is 6.61 Å². The highest BCUT2D eigenvalue weighted by Gasteiger charge is 2.32. The Morgan fingerprint density at radius 2 is 2.00 bits per heavy atom. The number of benzene rings is 1. The van der Waals surface area contributed by atoms with Gasteiger partial charge in [-0.15, -0.1) is 13.2 Å². The first kappa shape index (κ1) is 15.3. The molecule has 1 aromatic carbocycles. The molecule has 0 aliphatic carbocycles. The highest BCUT2D eigenvalue weighted by Crippen LogP contribution is 2.28. The number of ether oxygens (including phenoxy) is 2. The molecule has 0 amide bonds. The van der Waals surface area contributed by atoms with Crippen molar-refractivity contribution in [3.8, 4) is 5.75 Å². The van der Waals surface area contributed by atoms with Crippen LogP contribution in [0.15, 0.2) is 18.2 Å². The molecular weight excluding hydrogens is 268 g/mol. The van der Waals surface area contributed by atoms with E-state index >= 15 is 0 Å². The summed E-state index contributed by atoms with van der Waals surface area (Å²) >= 11 is 0. The Hall–Kier alpha value is -1.79. The second kappa shape index (κ2) is 6.40. The zero-order chi connectivity index (χ0) is 14.5. The van der Waals surface area contributed by atoms with Gasteiger partial charge in [0.1, 0.15) is 11.6 Å². The summed E-state index contributed by atoms with van der Waals surface area (Å²) in [6, 6.07) is 2.79. The second-order valence-corrected chi connectivity index (χ2v) is 3.60. The highest BCUT2D eigenvalue weighted by molar-refractivity contribution is 5.69. The third kappa shape index (κ3) is 5.58. The predicted octanol–water partition coefficient (Wildman–Crippen LogP) is 3.22. The second-order valence-electron chi connectivity index (χ2n) is 3.60. The van der Waals surface area contributed by atoms with Crippen LogP contribution in [0, 0.1) is 5.82 Å². The summed E-state index contributed by atoms with van der Waals surface area (Å²) in [5, 5.41) is 0. The Balaban J connectivity index is 2.79. The van der Waals surface area contributed by atoms with Crippen molar-refractivity contribution >= 4 is 5.97 Å². The average Bonchev–Trinajstić information content (AvgIpc) is 2.26. The molecule has 1 rings (SSSR count). The summed E-state index contributed by atoms with van der Waals surface area (Å²) in [4.78, 5) is 11.1. The van der Waals surface area contributed by atoms with Crippen LogP contribution < -0.4 is 4.74 Å². The fourth-order valence-electron chi connectivity index (χ4n) is 1.42. The number of esters is 1. The van der Waals surface area contributed by atoms with E-state index < -0.39 is 23.9 Å². The molecule has 0 aliphatic heterocycles. The van der Waals surface area contributed by atoms with Crippen molar-refractivity contribution in [2.24, 2.45) is 0 Å². The Labute approximate surface area is 107 Å². The van der Waals surface area contributed by atoms with E-state index in [0.717, 1.165) is 12.1 Å². The zero-order valence-electron chi connectivity index (χ0n) is 10.1. The van der Waals surface area contributed by atoms with Gasteiger partial charge in [0.2, 0.25) is 0 Å². The molecule has 0 aliphatic rings. The van der Waals surface area contributed by atoms with Crippen LogP contribution in [0.4, 0.5) is 17.6 Å². The van der Waals surface area contributed by atoms with Crippen molar-refractivity contribution in [3.63, 3.8) is 0 Å². The number of halogens is 4. The van der Waals surface area contributed by atoms with E-state index in [4.69, 9.17) is 0 Å². The fourth-order valence-corrected chi connectivity index (χ4v) is 1.42. The Bertz CT molecular complexity index is 443. The first-order valence-corrected chi connectivity index (χ1v) is 5.51. The maximum Gasteiger partial charge on any atom is 0.573 e. The Morgan fingerprint density at radius 1 is 1.32 bits per heavy atom. The number of carbonyl (C=O) groups excluding carboxylic acids is 1. The number of aryl methyl sites for hydroxylation is 1. The highest BCUT2D eigenvalue weighted by atomic mass is 19.4. The van der Waals surface area contributed by atoms with Gasteiger partial charge in [-0.1, -0.05) is 6.07 Å². The van der Waals surface area contributed by atoms with E-state index in [0.29, 0.717) is 6.07 Å². The molecule has 0 spiro atoms. The molecule has 0 unspecified atom stereocenters. The summed E-state index contributed by atoms with van der Waals surface area (Å²) in [5.74, 6) is -2.03. The minimum absolute atomic E-state index is 0.0233. The Kier molecular flexibility index (Phi) is 5.14. The van der Waals surface area contributed by atoms with Crippen molar-refractivity contribution in [1.82, 2.24) is 0 Å². The Morgan fingerprint density at radius 3 is 2.58 bits per heavy atom. The fraction of sp³-hybridized carbons (Fsp3) is 0.417. The van der Waals surface area contributed by atoms with Gasteiger partial charge in [-0.2, -0.15) is 0 Å². The molecule has 0 aromatic heterocycles. The monoisotopic (exact) mass is 280 g/mol. The molecule has 106 valence electrons. The lowest BCUT2D eigenvalue weighted by atomic mass is 10.1. The smallest absolute Gasteiger partial charge is 0.466 e. The van der Waals surface area contributed by atoms with Gasteiger partial charge in [-0.25, -0.2) is 4.39 Å². The third-order valence-corrected chi connectivity index (χ3v) is 2.16. The van der Waals surface area contributed by atoms with Crippen molar-refractivity contribution < 1.29 is 31.8 Å². The van der Waals surface area contributed by atoms with Gasteiger partial charge in [0.15, 0.2) is 0 Å². The molecule has 19 heavy (non-hydrogen) atoms. The summed E-state index contributed by atoms with van der Waals surface area (Å²) < 4.78 is 57.7. The van der Waals surface area contributed by atoms with E-state index in [1.165, 1.54) is 0 Å². The lowest BCUT2D eigenvalue weighted by molar-refractivity contribution is -0.274. The molecule has 0 fully saturated rings. The van der Waals surface area contributed by atoms with Crippen LogP contribution in [0.2, 0.25) is 0 Å². The third-order valence-electron chi connectivity index (χ3n) is 2.16. The zero-order valence-corrected chi connectivity index (χ0v) is 10.1. The van der Waals surface area contributed by atoms with Crippen molar-refractivity contribution in [2.45, 2.75) is 26.1 Å². The van der Waals surface area contributed by atoms with Gasteiger partial charge in [0, 0.05) is 12.5 Å². The minimum Gasteiger partial charge on any atom is -0.466 e. The first-order valence-electron chi connectivity index (χ1n) is 5.51. The van der Waals surface area contributed by atoms with E-state index in [1.54, 1.807) is 6.92 Å². The molecular formula is C12H12F4O3. The quantitative estimate of drug-likeness (QED) is 0.613. The number of alkyl halides is 3. The SMILES string of the molecule is CCOC(=O)CCc1ccc(F)cc1OC(F)(F)F. The molecule has 0 atom stereocenters. The molecule has 0 bridgehead atoms. The molecule has 0 saturated heterocycles. The topological polar surface area (TPSA) is 35.5 Å². The van der Waals surface area contributed by atoms with Crippen molar-refractivity contribution in [3.05, 3.63) is 29.6 Å². The maximum absolute atomic E-state index is 12.9. The number of hydrogen-bond acceptors (Lipinski definition) is 3. The van der Waals surface area contributed by atoms with Crippen LogP contribution in [-0.4, -0.2) is 18.9 Å². The number of carbonyl (C=O) groups is 1. The predicted molar refractivity (Wildman–Crippen MR) is 58.0 cm³/mol. The average molecular weight is 280 g/mol. The molecule has 0 saturated carbocycles. The first-order chi connectivity index (χ1) is 8.81. The summed E-state index contributed by atoms with van der Waals surface area (Å²) in [5.41, 5.74) is 0.0896. The van der Waals surface area contributed by atoms with E-state index in [1.807, 2.05) is 0 Å². The molecule has 7 heteroatoms. The van der Waals surface area contributed by atoms with Gasteiger partial charge in [-0.05, 0) is 25.0 Å². The largest absolute Gasteiger partial charge is 0.573 e. The lowest BCUT2D eigenvalue weighted by Crippen LogP contribution is -2.18. The van der Waals surface area contributed by atoms with E-state index in [9.17, 15) is 22.4 Å². The van der Waals surface area contributed by atoms with Crippen molar-refractivity contribution in [2.75, 3.05) is 6.61 Å². The standard InChI is InChI=1S/C12H12F4O3/c1-2-18-11(17)6-4-8-3-5-9(13)7-10(8)19-12(14,15)16/h3,5,7H,2,4,6H2,1H3. The van der Waals surface area contributed by atoms with Crippen LogP contribution in [0.5, 0.6) is 5.75 Å². The maximum atomic E-state index is 12.9. The van der Waals surface area contributed by atoms with Crippen LogP contribution in [0.1, 0.15) is 18.9 Å². The van der Waals surface area contributed by atoms with Gasteiger partial charge in [-0.3, -0.25) is 4.79 Å². The van der Waals surface area contributed by atoms with Crippen LogP contribution >= 0.6 is 0 Å². The van der Waals surface area contributed by atoms with Gasteiger partial charge < -0.3 is 9.47 Å². The molecule has 3 nitrogen and oxygen atoms in total. The number of rotatable bonds is 5. The molecule has 1 aromatic rings. The van der Waals surface area contributed by atoms with E-state index in [2.05, 4.69) is 9.47 Å². The van der Waals surface area contributed by atoms with Gasteiger partial charge in [0.25, 0.3) is 0 Å².